The largest absolute Gasteiger partial charge is 0.167 e. The summed E-state index contributed by atoms with van der Waals surface area (Å²) in [5, 5.41) is 8.67. The van der Waals surface area contributed by atoms with Crippen LogP contribution >= 0.6 is 11.8 Å². The van der Waals surface area contributed by atoms with Crippen LogP contribution in [-0.4, -0.2) is 25.5 Å². The first kappa shape index (κ1) is 14.1. The second-order valence-corrected chi connectivity index (χ2v) is 5.89. The summed E-state index contributed by atoms with van der Waals surface area (Å²) in [6.45, 7) is 0. The lowest BCUT2D eigenvalue weighted by Crippen LogP contribution is -2.05. The lowest BCUT2D eigenvalue weighted by atomic mass is 9.94. The van der Waals surface area contributed by atoms with Gasteiger partial charge in [-0.15, -0.1) is 0 Å². The second kappa shape index (κ2) is 6.31. The number of thioether (sulfide) groups is 1. The summed E-state index contributed by atoms with van der Waals surface area (Å²) >= 11 is 1.64. The lowest BCUT2D eigenvalue weighted by molar-refractivity contribution is 1.26. The van der Waals surface area contributed by atoms with E-state index in [1.165, 1.54) is 0 Å². The van der Waals surface area contributed by atoms with Crippen molar-refractivity contribution in [3.05, 3.63) is 71.3 Å². The van der Waals surface area contributed by atoms with Crippen LogP contribution in [0.4, 0.5) is 0 Å². The van der Waals surface area contributed by atoms with Crippen molar-refractivity contribution in [2.45, 2.75) is 11.6 Å². The number of hydrogen-bond acceptors (Lipinski definition) is 3. The van der Waals surface area contributed by atoms with Crippen LogP contribution in [0.1, 0.15) is 28.3 Å². The standard InChI is InChI=1S/C17H15BN2S/c1-21-17(18)14-9-7-13(8-10-14)16-11-15(19-20-16)12-5-3-2-4-6-12/h2-10,17H,11H2,1H3. The van der Waals surface area contributed by atoms with Crippen LogP contribution in [0.25, 0.3) is 0 Å². The molecule has 21 heavy (non-hydrogen) atoms. The minimum absolute atomic E-state index is 0.0284. The van der Waals surface area contributed by atoms with Crippen molar-refractivity contribution >= 4 is 31.0 Å². The highest BCUT2D eigenvalue weighted by atomic mass is 32.2. The molecule has 0 amide bonds. The fourth-order valence-electron chi connectivity index (χ4n) is 2.30. The number of benzene rings is 2. The van der Waals surface area contributed by atoms with Crippen LogP contribution in [0.5, 0.6) is 0 Å². The minimum Gasteiger partial charge on any atom is -0.167 e. The van der Waals surface area contributed by atoms with E-state index in [1.54, 1.807) is 11.8 Å². The smallest absolute Gasteiger partial charge is 0.0911 e. The molecular formula is C17H15BN2S. The van der Waals surface area contributed by atoms with Gasteiger partial charge in [0.25, 0.3) is 0 Å². The maximum absolute atomic E-state index is 6.01. The van der Waals surface area contributed by atoms with Gasteiger partial charge in [-0.3, -0.25) is 0 Å². The van der Waals surface area contributed by atoms with Gasteiger partial charge in [0.2, 0.25) is 0 Å². The van der Waals surface area contributed by atoms with Gasteiger partial charge in [-0.2, -0.15) is 22.0 Å². The molecular weight excluding hydrogens is 275 g/mol. The van der Waals surface area contributed by atoms with Gasteiger partial charge in [0.05, 0.1) is 19.3 Å². The predicted octanol–water partition coefficient (Wildman–Crippen LogP) is 3.81. The van der Waals surface area contributed by atoms with Crippen molar-refractivity contribution in [3.8, 4) is 0 Å². The first-order valence-electron chi connectivity index (χ1n) is 6.85. The Morgan fingerprint density at radius 3 is 2.05 bits per heavy atom. The Morgan fingerprint density at radius 2 is 1.48 bits per heavy atom. The van der Waals surface area contributed by atoms with Crippen LogP contribution in [0.2, 0.25) is 0 Å². The van der Waals surface area contributed by atoms with E-state index < -0.39 is 0 Å². The van der Waals surface area contributed by atoms with Crippen LogP contribution in [0.3, 0.4) is 0 Å². The molecule has 0 fully saturated rings. The molecule has 1 heterocycles. The molecule has 0 bridgehead atoms. The molecule has 102 valence electrons. The topological polar surface area (TPSA) is 24.7 Å². The third-order valence-corrected chi connectivity index (χ3v) is 4.34. The van der Waals surface area contributed by atoms with Crippen LogP contribution in [0.15, 0.2) is 64.8 Å². The Morgan fingerprint density at radius 1 is 0.905 bits per heavy atom. The molecule has 1 atom stereocenters. The quantitative estimate of drug-likeness (QED) is 0.786. The van der Waals surface area contributed by atoms with E-state index in [-0.39, 0.29) is 5.15 Å². The summed E-state index contributed by atoms with van der Waals surface area (Å²) in [5.41, 5.74) is 5.42. The van der Waals surface area contributed by atoms with E-state index in [2.05, 4.69) is 46.6 Å². The van der Waals surface area contributed by atoms with E-state index in [1.807, 2.05) is 24.5 Å². The normalized spacial score (nSPS) is 15.5. The maximum Gasteiger partial charge on any atom is 0.0911 e. The molecule has 1 unspecified atom stereocenters. The number of nitrogens with zero attached hydrogens (tertiary/aromatic N) is 2. The highest BCUT2D eigenvalue weighted by molar-refractivity contribution is 7.99. The van der Waals surface area contributed by atoms with E-state index >= 15 is 0 Å². The average Bonchev–Trinajstić information content (AvgIpc) is 3.05. The van der Waals surface area contributed by atoms with Gasteiger partial charge >= 0.3 is 0 Å². The molecule has 2 radical (unpaired) electrons. The highest BCUT2D eigenvalue weighted by Crippen LogP contribution is 2.24. The monoisotopic (exact) mass is 290 g/mol. The molecule has 2 aromatic carbocycles. The van der Waals surface area contributed by atoms with Crippen molar-refractivity contribution in [2.24, 2.45) is 10.2 Å². The fourth-order valence-corrected chi connectivity index (χ4v) is 2.73. The summed E-state index contributed by atoms with van der Waals surface area (Å²) in [5.74, 6) is 0. The first-order chi connectivity index (χ1) is 10.3. The van der Waals surface area contributed by atoms with Crippen LogP contribution in [-0.2, 0) is 0 Å². The van der Waals surface area contributed by atoms with Gasteiger partial charge in [0.1, 0.15) is 0 Å². The van der Waals surface area contributed by atoms with Crippen molar-refractivity contribution in [1.82, 2.24) is 0 Å². The Bertz CT molecular complexity index is 678. The van der Waals surface area contributed by atoms with Crippen molar-refractivity contribution in [3.63, 3.8) is 0 Å². The Balaban J connectivity index is 1.73. The fraction of sp³-hybridized carbons (Fsp3) is 0.176. The number of rotatable bonds is 4. The van der Waals surface area contributed by atoms with E-state index in [4.69, 9.17) is 7.85 Å². The molecule has 2 aromatic rings. The molecule has 0 saturated heterocycles. The molecule has 0 spiro atoms. The molecule has 0 aliphatic carbocycles. The summed E-state index contributed by atoms with van der Waals surface area (Å²) in [6.07, 6.45) is 2.79. The predicted molar refractivity (Wildman–Crippen MR) is 92.6 cm³/mol. The Kier molecular flexibility index (Phi) is 4.25. The summed E-state index contributed by atoms with van der Waals surface area (Å²) < 4.78 is 0. The van der Waals surface area contributed by atoms with Crippen molar-refractivity contribution in [2.75, 3.05) is 6.26 Å². The Labute approximate surface area is 130 Å². The molecule has 1 aliphatic heterocycles. The van der Waals surface area contributed by atoms with E-state index in [0.717, 1.165) is 34.5 Å². The van der Waals surface area contributed by atoms with Gasteiger partial charge in [-0.05, 0) is 28.1 Å². The van der Waals surface area contributed by atoms with Crippen molar-refractivity contribution < 1.29 is 0 Å². The van der Waals surface area contributed by atoms with Crippen LogP contribution < -0.4 is 0 Å². The number of hydrogen-bond donors (Lipinski definition) is 0. The molecule has 0 N–H and O–H groups in total. The molecule has 0 saturated carbocycles. The van der Waals surface area contributed by atoms with Gasteiger partial charge in [0, 0.05) is 6.42 Å². The molecule has 2 nitrogen and oxygen atoms in total. The average molecular weight is 290 g/mol. The lowest BCUT2D eigenvalue weighted by Gasteiger charge is -2.09. The van der Waals surface area contributed by atoms with Gasteiger partial charge < -0.3 is 0 Å². The van der Waals surface area contributed by atoms with Crippen LogP contribution in [0, 0.1) is 0 Å². The SMILES string of the molecule is [B]C(SC)c1ccc(C2=NN=C(c3ccccc3)C2)cc1. The first-order valence-corrected chi connectivity index (χ1v) is 8.14. The third-order valence-electron chi connectivity index (χ3n) is 3.56. The second-order valence-electron chi connectivity index (χ2n) is 4.91. The van der Waals surface area contributed by atoms with E-state index in [0.29, 0.717) is 0 Å². The molecule has 1 aliphatic rings. The van der Waals surface area contributed by atoms with Gasteiger partial charge in [-0.25, -0.2) is 0 Å². The minimum atomic E-state index is 0.0284. The van der Waals surface area contributed by atoms with Crippen molar-refractivity contribution in [1.29, 1.82) is 0 Å². The van der Waals surface area contributed by atoms with Gasteiger partial charge in [-0.1, -0.05) is 54.6 Å². The summed E-state index contributed by atoms with van der Waals surface area (Å²) in [6, 6.07) is 18.5. The molecule has 4 heteroatoms. The van der Waals surface area contributed by atoms with E-state index in [9.17, 15) is 0 Å². The zero-order valence-electron chi connectivity index (χ0n) is 11.9. The zero-order valence-corrected chi connectivity index (χ0v) is 12.7. The highest BCUT2D eigenvalue weighted by Gasteiger charge is 2.16. The summed E-state index contributed by atoms with van der Waals surface area (Å²) in [7, 11) is 6.01. The third kappa shape index (κ3) is 3.11. The molecule has 3 rings (SSSR count). The molecule has 0 aromatic heterocycles. The van der Waals surface area contributed by atoms with Gasteiger partial charge in [0.15, 0.2) is 0 Å². The Hall–Kier alpha value is -1.81. The summed E-state index contributed by atoms with van der Waals surface area (Å²) in [4.78, 5) is 0. The zero-order chi connectivity index (χ0) is 14.7. The maximum atomic E-state index is 6.01.